The van der Waals surface area contributed by atoms with Gasteiger partial charge in [0.2, 0.25) is 0 Å². The summed E-state index contributed by atoms with van der Waals surface area (Å²) in [5.41, 5.74) is 1.67. The number of imidazole rings is 1. The Kier molecular flexibility index (Phi) is 3.46. The summed E-state index contributed by atoms with van der Waals surface area (Å²) in [5, 5.41) is 0. The van der Waals surface area contributed by atoms with Gasteiger partial charge >= 0.3 is 0 Å². The summed E-state index contributed by atoms with van der Waals surface area (Å²) in [6.45, 7) is 1.97. The van der Waals surface area contributed by atoms with E-state index in [1.165, 1.54) is 0 Å². The molecule has 0 fully saturated rings. The lowest BCUT2D eigenvalue weighted by atomic mass is 10.0. The van der Waals surface area contributed by atoms with Crippen molar-refractivity contribution in [3.8, 4) is 5.75 Å². The van der Waals surface area contributed by atoms with Gasteiger partial charge in [-0.3, -0.25) is 4.79 Å². The number of methoxy groups -OCH3 is 1. The Morgan fingerprint density at radius 2 is 2.22 bits per heavy atom. The topological polar surface area (TPSA) is 44.1 Å². The summed E-state index contributed by atoms with van der Waals surface area (Å²) in [6.07, 6.45) is 3.80. The molecule has 1 heterocycles. The van der Waals surface area contributed by atoms with E-state index >= 15 is 0 Å². The van der Waals surface area contributed by atoms with E-state index in [4.69, 9.17) is 4.74 Å². The van der Waals surface area contributed by atoms with Gasteiger partial charge in [0.05, 0.1) is 19.1 Å². The van der Waals surface area contributed by atoms with Crippen molar-refractivity contribution in [2.75, 3.05) is 7.11 Å². The average molecular weight is 244 g/mol. The first-order valence-electron chi connectivity index (χ1n) is 5.76. The van der Waals surface area contributed by atoms with Gasteiger partial charge in [0.15, 0.2) is 5.78 Å². The monoisotopic (exact) mass is 244 g/mol. The minimum atomic E-state index is 0.0150. The molecular weight excluding hydrogens is 228 g/mol. The van der Waals surface area contributed by atoms with Crippen LogP contribution in [0.5, 0.6) is 5.75 Å². The van der Waals surface area contributed by atoms with E-state index in [0.717, 1.165) is 11.4 Å². The minimum absolute atomic E-state index is 0.0150. The van der Waals surface area contributed by atoms with Gasteiger partial charge in [-0.2, -0.15) is 0 Å². The van der Waals surface area contributed by atoms with Gasteiger partial charge in [-0.1, -0.05) is 6.07 Å². The fourth-order valence-corrected chi connectivity index (χ4v) is 1.83. The third-order valence-electron chi connectivity index (χ3n) is 2.90. The number of benzene rings is 1. The van der Waals surface area contributed by atoms with Crippen LogP contribution in [0.15, 0.2) is 30.6 Å². The highest BCUT2D eigenvalue weighted by Gasteiger charge is 2.14. The van der Waals surface area contributed by atoms with Crippen molar-refractivity contribution in [3.05, 3.63) is 47.5 Å². The van der Waals surface area contributed by atoms with Gasteiger partial charge in [-0.15, -0.1) is 0 Å². The molecule has 0 saturated carbocycles. The molecule has 4 nitrogen and oxygen atoms in total. The Balaban J connectivity index is 2.26. The maximum Gasteiger partial charge on any atom is 0.174 e. The van der Waals surface area contributed by atoms with Crippen LogP contribution in [-0.4, -0.2) is 22.4 Å². The highest BCUT2D eigenvalue weighted by atomic mass is 16.5. The van der Waals surface area contributed by atoms with Gasteiger partial charge in [-0.05, 0) is 24.6 Å². The van der Waals surface area contributed by atoms with Crippen LogP contribution in [0.2, 0.25) is 0 Å². The standard InChI is InChI=1S/C14H16N2O2/c1-10-4-5-11(13(8-10)18-3)12(17)9-14-15-6-7-16(14)2/h4-8H,9H2,1-3H3. The molecule has 4 heteroatoms. The van der Waals surface area contributed by atoms with Crippen LogP contribution in [0.25, 0.3) is 0 Å². The molecule has 0 N–H and O–H groups in total. The second-order valence-electron chi connectivity index (χ2n) is 4.26. The van der Waals surface area contributed by atoms with Crippen LogP contribution < -0.4 is 4.74 Å². The van der Waals surface area contributed by atoms with Crippen molar-refractivity contribution in [1.29, 1.82) is 0 Å². The highest BCUT2D eigenvalue weighted by molar-refractivity contribution is 5.99. The molecule has 18 heavy (non-hydrogen) atoms. The smallest absolute Gasteiger partial charge is 0.174 e. The first-order chi connectivity index (χ1) is 8.61. The van der Waals surface area contributed by atoms with Crippen molar-refractivity contribution < 1.29 is 9.53 Å². The number of aromatic nitrogens is 2. The number of hydrogen-bond donors (Lipinski definition) is 0. The van der Waals surface area contributed by atoms with Crippen molar-refractivity contribution in [1.82, 2.24) is 9.55 Å². The van der Waals surface area contributed by atoms with E-state index in [2.05, 4.69) is 4.98 Å². The van der Waals surface area contributed by atoms with Crippen molar-refractivity contribution in [2.24, 2.45) is 7.05 Å². The van der Waals surface area contributed by atoms with Crippen LogP contribution in [0.4, 0.5) is 0 Å². The summed E-state index contributed by atoms with van der Waals surface area (Å²) in [5.74, 6) is 1.39. The summed E-state index contributed by atoms with van der Waals surface area (Å²) in [4.78, 5) is 16.4. The Hall–Kier alpha value is -2.10. The molecule has 2 rings (SSSR count). The normalized spacial score (nSPS) is 10.4. The third-order valence-corrected chi connectivity index (χ3v) is 2.90. The molecule has 0 saturated heterocycles. The second-order valence-corrected chi connectivity index (χ2v) is 4.26. The molecule has 0 bridgehead atoms. The maximum atomic E-state index is 12.2. The van der Waals surface area contributed by atoms with Gasteiger partial charge in [0.25, 0.3) is 0 Å². The van der Waals surface area contributed by atoms with E-state index in [1.807, 2.05) is 36.9 Å². The SMILES string of the molecule is COc1cc(C)ccc1C(=O)Cc1nccn1C. The zero-order chi connectivity index (χ0) is 13.1. The molecule has 1 aromatic heterocycles. The molecule has 0 radical (unpaired) electrons. The molecule has 0 spiro atoms. The lowest BCUT2D eigenvalue weighted by Crippen LogP contribution is -2.09. The summed E-state index contributed by atoms with van der Waals surface area (Å²) in [6, 6.07) is 5.58. The lowest BCUT2D eigenvalue weighted by Gasteiger charge is -2.08. The summed E-state index contributed by atoms with van der Waals surface area (Å²) in [7, 11) is 3.45. The summed E-state index contributed by atoms with van der Waals surface area (Å²) >= 11 is 0. The Bertz CT molecular complexity index is 573. The van der Waals surface area contributed by atoms with Gasteiger partial charge in [-0.25, -0.2) is 4.98 Å². The lowest BCUT2D eigenvalue weighted by molar-refractivity contribution is 0.0987. The number of carbonyl (C=O) groups is 1. The molecule has 94 valence electrons. The van der Waals surface area contributed by atoms with Crippen molar-refractivity contribution in [2.45, 2.75) is 13.3 Å². The largest absolute Gasteiger partial charge is 0.496 e. The zero-order valence-electron chi connectivity index (χ0n) is 10.8. The van der Waals surface area contributed by atoms with Gasteiger partial charge in [0, 0.05) is 19.4 Å². The molecule has 0 aliphatic carbocycles. The van der Waals surface area contributed by atoms with E-state index < -0.39 is 0 Å². The van der Waals surface area contributed by atoms with Crippen molar-refractivity contribution in [3.63, 3.8) is 0 Å². The van der Waals surface area contributed by atoms with Crippen LogP contribution in [0.3, 0.4) is 0 Å². The predicted octanol–water partition coefficient (Wildman–Crippen LogP) is 2.16. The zero-order valence-corrected chi connectivity index (χ0v) is 10.8. The maximum absolute atomic E-state index is 12.2. The number of Topliss-reactive ketones (excluding diaryl/α,β-unsaturated/α-hetero) is 1. The molecule has 0 unspecified atom stereocenters. The average Bonchev–Trinajstić information content (AvgIpc) is 2.74. The van der Waals surface area contributed by atoms with Crippen LogP contribution >= 0.6 is 0 Å². The van der Waals surface area contributed by atoms with Crippen LogP contribution in [0.1, 0.15) is 21.7 Å². The number of rotatable bonds is 4. The molecule has 2 aromatic rings. The molecule has 0 aliphatic heterocycles. The molecule has 0 atom stereocenters. The molecule has 0 amide bonds. The Labute approximate surface area is 106 Å². The third kappa shape index (κ3) is 2.42. The fraction of sp³-hybridized carbons (Fsp3) is 0.286. The molecule has 1 aromatic carbocycles. The first-order valence-corrected chi connectivity index (χ1v) is 5.76. The van der Waals surface area contributed by atoms with E-state index in [1.54, 1.807) is 19.4 Å². The van der Waals surface area contributed by atoms with Crippen LogP contribution in [-0.2, 0) is 13.5 Å². The van der Waals surface area contributed by atoms with Crippen LogP contribution in [0, 0.1) is 6.92 Å². The molecule has 0 aliphatic rings. The van der Waals surface area contributed by atoms with E-state index in [9.17, 15) is 4.79 Å². The number of nitrogens with zero attached hydrogens (tertiary/aromatic N) is 2. The van der Waals surface area contributed by atoms with Crippen molar-refractivity contribution >= 4 is 5.78 Å². The predicted molar refractivity (Wildman–Crippen MR) is 69.0 cm³/mol. The van der Waals surface area contributed by atoms with E-state index in [-0.39, 0.29) is 12.2 Å². The Morgan fingerprint density at radius 3 is 2.83 bits per heavy atom. The van der Waals surface area contributed by atoms with Gasteiger partial charge in [0.1, 0.15) is 11.6 Å². The number of ether oxygens (including phenoxy) is 1. The second kappa shape index (κ2) is 5.04. The number of aryl methyl sites for hydroxylation is 2. The highest BCUT2D eigenvalue weighted by Crippen LogP contribution is 2.21. The first kappa shape index (κ1) is 12.4. The fourth-order valence-electron chi connectivity index (χ4n) is 1.83. The minimum Gasteiger partial charge on any atom is -0.496 e. The van der Waals surface area contributed by atoms with E-state index in [0.29, 0.717) is 11.3 Å². The number of carbonyl (C=O) groups excluding carboxylic acids is 1. The van der Waals surface area contributed by atoms with Gasteiger partial charge < -0.3 is 9.30 Å². The molecular formula is C14H16N2O2. The Morgan fingerprint density at radius 1 is 1.44 bits per heavy atom. The summed E-state index contributed by atoms with van der Waals surface area (Å²) < 4.78 is 7.09. The number of ketones is 1. The number of hydrogen-bond acceptors (Lipinski definition) is 3. The quantitative estimate of drug-likeness (QED) is 0.774.